The van der Waals surface area contributed by atoms with Crippen molar-refractivity contribution in [1.82, 2.24) is 15.6 Å². The monoisotopic (exact) mass is 291 g/mol. The van der Waals surface area contributed by atoms with Crippen LogP contribution in [0.3, 0.4) is 0 Å². The number of unbranched alkanes of at least 4 members (excludes halogenated alkanes) is 1. The number of hydrogen-bond donors (Lipinski definition) is 3. The van der Waals surface area contributed by atoms with E-state index in [9.17, 15) is 9.90 Å². The number of amides is 2. The Bertz CT molecular complexity index is 432. The van der Waals surface area contributed by atoms with Crippen molar-refractivity contribution in [3.63, 3.8) is 0 Å². The molecule has 5 heteroatoms. The van der Waals surface area contributed by atoms with Crippen molar-refractivity contribution in [2.45, 2.75) is 51.2 Å². The molecule has 1 atom stereocenters. The summed E-state index contributed by atoms with van der Waals surface area (Å²) in [5.41, 5.74) is 0.970. The predicted molar refractivity (Wildman–Crippen MR) is 81.9 cm³/mol. The van der Waals surface area contributed by atoms with Crippen LogP contribution in [0.25, 0.3) is 0 Å². The van der Waals surface area contributed by atoms with Crippen molar-refractivity contribution >= 4 is 6.03 Å². The van der Waals surface area contributed by atoms with Gasteiger partial charge in [-0.15, -0.1) is 0 Å². The zero-order valence-corrected chi connectivity index (χ0v) is 12.6. The lowest BCUT2D eigenvalue weighted by atomic mass is 9.76. The number of aliphatic hydroxyl groups is 1. The molecule has 1 aromatic rings. The Labute approximate surface area is 126 Å². The molecule has 2 amide bonds. The van der Waals surface area contributed by atoms with Crippen molar-refractivity contribution in [2.24, 2.45) is 5.92 Å². The molecule has 0 saturated heterocycles. The lowest BCUT2D eigenvalue weighted by Gasteiger charge is -2.38. The van der Waals surface area contributed by atoms with E-state index in [1.165, 1.54) is 0 Å². The van der Waals surface area contributed by atoms with Crippen LogP contribution >= 0.6 is 0 Å². The Morgan fingerprint density at radius 2 is 2.29 bits per heavy atom. The number of hydrogen-bond acceptors (Lipinski definition) is 3. The molecule has 0 bridgehead atoms. The molecule has 1 saturated carbocycles. The summed E-state index contributed by atoms with van der Waals surface area (Å²) in [5.74, 6) is 0.332. The second-order valence-electron chi connectivity index (χ2n) is 5.77. The summed E-state index contributed by atoms with van der Waals surface area (Å²) < 4.78 is 0. The van der Waals surface area contributed by atoms with Gasteiger partial charge in [-0.25, -0.2) is 4.79 Å². The highest BCUT2D eigenvalue weighted by molar-refractivity contribution is 5.74. The van der Waals surface area contributed by atoms with E-state index in [1.54, 1.807) is 6.20 Å². The molecule has 0 aromatic carbocycles. The van der Waals surface area contributed by atoms with Crippen LogP contribution in [0.5, 0.6) is 0 Å². The lowest BCUT2D eigenvalue weighted by Crippen LogP contribution is -2.51. The van der Waals surface area contributed by atoms with Crippen LogP contribution in [0.2, 0.25) is 0 Å². The van der Waals surface area contributed by atoms with Crippen molar-refractivity contribution in [3.05, 3.63) is 30.1 Å². The van der Waals surface area contributed by atoms with E-state index in [2.05, 4.69) is 22.5 Å². The zero-order valence-electron chi connectivity index (χ0n) is 12.6. The number of carbonyl (C=O) groups is 1. The Kier molecular flexibility index (Phi) is 5.99. The molecule has 0 spiro atoms. The van der Waals surface area contributed by atoms with Crippen molar-refractivity contribution in [3.8, 4) is 0 Å². The van der Waals surface area contributed by atoms with Crippen molar-refractivity contribution in [2.75, 3.05) is 6.54 Å². The molecule has 1 fully saturated rings. The normalized spacial score (nSPS) is 22.2. The number of carbonyl (C=O) groups excluding carboxylic acids is 1. The molecule has 2 rings (SSSR count). The molecule has 21 heavy (non-hydrogen) atoms. The molecule has 1 heterocycles. The second-order valence-corrected chi connectivity index (χ2v) is 5.77. The summed E-state index contributed by atoms with van der Waals surface area (Å²) in [4.78, 5) is 16.3. The fourth-order valence-corrected chi connectivity index (χ4v) is 2.64. The summed E-state index contributed by atoms with van der Waals surface area (Å²) in [6, 6.07) is 5.72. The van der Waals surface area contributed by atoms with Gasteiger partial charge in [0, 0.05) is 30.9 Å². The molecule has 0 aliphatic heterocycles. The summed E-state index contributed by atoms with van der Waals surface area (Å²) >= 11 is 0. The third-order valence-corrected chi connectivity index (χ3v) is 4.01. The summed E-state index contributed by atoms with van der Waals surface area (Å²) in [6.45, 7) is 2.80. The van der Waals surface area contributed by atoms with Crippen LogP contribution in [-0.2, 0) is 6.42 Å². The van der Waals surface area contributed by atoms with Gasteiger partial charge >= 0.3 is 6.03 Å². The summed E-state index contributed by atoms with van der Waals surface area (Å²) in [6.07, 6.45) is 5.82. The highest BCUT2D eigenvalue weighted by Gasteiger charge is 2.34. The minimum atomic E-state index is -0.216. The first-order valence-corrected chi connectivity index (χ1v) is 7.81. The van der Waals surface area contributed by atoms with Gasteiger partial charge in [0.2, 0.25) is 0 Å². The number of urea groups is 1. The molecular weight excluding hydrogens is 266 g/mol. The van der Waals surface area contributed by atoms with Crippen molar-refractivity contribution < 1.29 is 9.90 Å². The first-order valence-electron chi connectivity index (χ1n) is 7.81. The Hall–Kier alpha value is -1.62. The minimum absolute atomic E-state index is 0.0323. The molecule has 1 aromatic heterocycles. The van der Waals surface area contributed by atoms with Crippen LogP contribution in [-0.4, -0.2) is 34.8 Å². The first-order chi connectivity index (χ1) is 10.2. The summed E-state index contributed by atoms with van der Waals surface area (Å²) in [5, 5.41) is 15.4. The maximum absolute atomic E-state index is 11.9. The lowest BCUT2D eigenvalue weighted by molar-refractivity contribution is 0.0261. The van der Waals surface area contributed by atoms with Crippen molar-refractivity contribution in [1.29, 1.82) is 0 Å². The van der Waals surface area contributed by atoms with Gasteiger partial charge in [-0.1, -0.05) is 19.4 Å². The van der Waals surface area contributed by atoms with Crippen LogP contribution in [0.1, 0.15) is 38.3 Å². The number of nitrogens with zero attached hydrogens (tertiary/aromatic N) is 1. The van der Waals surface area contributed by atoms with Gasteiger partial charge < -0.3 is 15.7 Å². The number of aliphatic hydroxyl groups excluding tert-OH is 1. The van der Waals surface area contributed by atoms with Gasteiger partial charge in [0.25, 0.3) is 0 Å². The van der Waals surface area contributed by atoms with Gasteiger partial charge in [-0.3, -0.25) is 4.98 Å². The molecule has 5 nitrogen and oxygen atoms in total. The van der Waals surface area contributed by atoms with E-state index in [-0.39, 0.29) is 18.2 Å². The average Bonchev–Trinajstić information content (AvgIpc) is 2.45. The first kappa shape index (κ1) is 15.8. The maximum Gasteiger partial charge on any atom is 0.315 e. The molecule has 1 aliphatic carbocycles. The van der Waals surface area contributed by atoms with E-state index in [1.807, 2.05) is 18.2 Å². The van der Waals surface area contributed by atoms with Gasteiger partial charge in [0.1, 0.15) is 0 Å². The minimum Gasteiger partial charge on any atom is -0.393 e. The van der Waals surface area contributed by atoms with Gasteiger partial charge in [-0.2, -0.15) is 0 Å². The molecule has 3 N–H and O–H groups in total. The van der Waals surface area contributed by atoms with Crippen LogP contribution in [0, 0.1) is 5.92 Å². The third-order valence-electron chi connectivity index (χ3n) is 4.01. The van der Waals surface area contributed by atoms with E-state index in [0.717, 1.165) is 31.4 Å². The van der Waals surface area contributed by atoms with Crippen LogP contribution in [0.4, 0.5) is 4.79 Å². The van der Waals surface area contributed by atoms with Crippen LogP contribution < -0.4 is 10.6 Å². The Morgan fingerprint density at radius 3 is 2.90 bits per heavy atom. The third kappa shape index (κ3) is 5.01. The molecule has 1 aliphatic rings. The topological polar surface area (TPSA) is 74.2 Å². The number of rotatable bonds is 7. The average molecular weight is 291 g/mol. The van der Waals surface area contributed by atoms with Gasteiger partial charge in [-0.05, 0) is 37.3 Å². The number of pyridine rings is 1. The highest BCUT2D eigenvalue weighted by Crippen LogP contribution is 2.31. The molecule has 0 radical (unpaired) electrons. The van der Waals surface area contributed by atoms with E-state index >= 15 is 0 Å². The number of aromatic nitrogens is 1. The van der Waals surface area contributed by atoms with Gasteiger partial charge in [0.15, 0.2) is 0 Å². The standard InChI is InChI=1S/C16H25N3O2/c1-2-3-7-18-16(21)19-15(12-9-14(20)10-12)11-13-6-4-5-8-17-13/h4-6,8,12,14-15,20H,2-3,7,9-11H2,1H3,(H2,18,19,21). The SMILES string of the molecule is CCCCNC(=O)NC(Cc1ccccn1)C1CC(O)C1. The quantitative estimate of drug-likeness (QED) is 0.671. The Balaban J connectivity index is 1.88. The predicted octanol–water partition coefficient (Wildman–Crippen LogP) is 1.86. The fourth-order valence-electron chi connectivity index (χ4n) is 2.64. The Morgan fingerprint density at radius 1 is 1.48 bits per heavy atom. The highest BCUT2D eigenvalue weighted by atomic mass is 16.3. The number of nitrogens with one attached hydrogen (secondary N) is 2. The largest absolute Gasteiger partial charge is 0.393 e. The molecule has 1 unspecified atom stereocenters. The van der Waals surface area contributed by atoms with E-state index in [0.29, 0.717) is 18.9 Å². The van der Waals surface area contributed by atoms with E-state index in [4.69, 9.17) is 0 Å². The van der Waals surface area contributed by atoms with Gasteiger partial charge in [0.05, 0.1) is 6.10 Å². The fraction of sp³-hybridized carbons (Fsp3) is 0.625. The summed E-state index contributed by atoms with van der Waals surface area (Å²) in [7, 11) is 0. The van der Waals surface area contributed by atoms with E-state index < -0.39 is 0 Å². The smallest absolute Gasteiger partial charge is 0.315 e. The molecular formula is C16H25N3O2. The zero-order chi connectivity index (χ0) is 15.1. The maximum atomic E-state index is 11.9. The molecule has 116 valence electrons. The second kappa shape index (κ2) is 7.98. The van der Waals surface area contributed by atoms with Crippen LogP contribution in [0.15, 0.2) is 24.4 Å².